The summed E-state index contributed by atoms with van der Waals surface area (Å²) in [6, 6.07) is 0. The molecule has 1 heterocycles. The quantitative estimate of drug-likeness (QED) is 0.744. The first-order chi connectivity index (χ1) is 8.37. The Morgan fingerprint density at radius 3 is 2.78 bits per heavy atom. The van der Waals surface area contributed by atoms with Crippen molar-refractivity contribution in [1.29, 1.82) is 0 Å². The molecular formula is C10H15NO5S2. The molecular weight excluding hydrogens is 278 g/mol. The molecule has 0 amide bonds. The highest BCUT2D eigenvalue weighted by Gasteiger charge is 2.20. The van der Waals surface area contributed by atoms with Crippen molar-refractivity contribution in [3.05, 3.63) is 15.8 Å². The zero-order valence-corrected chi connectivity index (χ0v) is 11.7. The van der Waals surface area contributed by atoms with Crippen LogP contribution in [0.4, 0.5) is 5.69 Å². The van der Waals surface area contributed by atoms with Gasteiger partial charge in [0.05, 0.1) is 18.0 Å². The second kappa shape index (κ2) is 6.17. The zero-order valence-electron chi connectivity index (χ0n) is 10.1. The van der Waals surface area contributed by atoms with Crippen LogP contribution in [0.2, 0.25) is 0 Å². The van der Waals surface area contributed by atoms with Gasteiger partial charge >= 0.3 is 5.97 Å². The first-order valence-corrected chi connectivity index (χ1v) is 7.80. The number of anilines is 1. The van der Waals surface area contributed by atoms with E-state index in [1.807, 2.05) is 0 Å². The summed E-state index contributed by atoms with van der Waals surface area (Å²) in [5.74, 6) is -1.34. The number of aryl methyl sites for hydroxylation is 1. The van der Waals surface area contributed by atoms with Crippen LogP contribution >= 0.6 is 11.3 Å². The first-order valence-electron chi connectivity index (χ1n) is 5.27. The minimum absolute atomic E-state index is 0.00696. The zero-order chi connectivity index (χ0) is 13.8. The third-order valence-corrected chi connectivity index (χ3v) is 4.43. The standard InChI is InChI=1S/C10H15NO5S2/c1-3-16-4-5-18(14,15)11-8-7(2)6-17-9(8)10(12)13/h6,11H,3-5H2,1-2H3,(H,12,13). The van der Waals surface area contributed by atoms with E-state index in [4.69, 9.17) is 9.84 Å². The summed E-state index contributed by atoms with van der Waals surface area (Å²) < 4.78 is 30.7. The number of hydrogen-bond donors (Lipinski definition) is 2. The second-order valence-electron chi connectivity index (χ2n) is 3.55. The van der Waals surface area contributed by atoms with Gasteiger partial charge in [-0.2, -0.15) is 0 Å². The summed E-state index contributed by atoms with van der Waals surface area (Å²) >= 11 is 0.996. The van der Waals surface area contributed by atoms with Crippen LogP contribution < -0.4 is 4.72 Å². The molecule has 0 saturated carbocycles. The molecule has 0 aliphatic carbocycles. The van der Waals surface area contributed by atoms with E-state index in [9.17, 15) is 13.2 Å². The van der Waals surface area contributed by atoms with Crippen LogP contribution in [0.1, 0.15) is 22.2 Å². The minimum atomic E-state index is -3.59. The van der Waals surface area contributed by atoms with Crippen molar-refractivity contribution in [2.45, 2.75) is 13.8 Å². The number of thiophene rings is 1. The van der Waals surface area contributed by atoms with Gasteiger partial charge < -0.3 is 9.84 Å². The van der Waals surface area contributed by atoms with Gasteiger partial charge in [-0.05, 0) is 24.8 Å². The molecule has 8 heteroatoms. The number of carbonyl (C=O) groups is 1. The molecule has 0 radical (unpaired) electrons. The SMILES string of the molecule is CCOCCS(=O)(=O)Nc1c(C)csc1C(=O)O. The lowest BCUT2D eigenvalue weighted by atomic mass is 10.3. The van der Waals surface area contributed by atoms with E-state index < -0.39 is 16.0 Å². The number of hydrogen-bond acceptors (Lipinski definition) is 5. The van der Waals surface area contributed by atoms with E-state index in [0.29, 0.717) is 12.2 Å². The lowest BCUT2D eigenvalue weighted by Gasteiger charge is -2.08. The molecule has 18 heavy (non-hydrogen) atoms. The van der Waals surface area contributed by atoms with Gasteiger partial charge in [0.25, 0.3) is 0 Å². The Kier molecular flexibility index (Phi) is 5.12. The molecule has 102 valence electrons. The molecule has 0 aromatic carbocycles. The Morgan fingerprint density at radius 2 is 2.22 bits per heavy atom. The predicted octanol–water partition coefficient (Wildman–Crippen LogP) is 1.53. The molecule has 1 rings (SSSR count). The number of nitrogens with one attached hydrogen (secondary N) is 1. The average Bonchev–Trinajstić information content (AvgIpc) is 2.60. The predicted molar refractivity (Wildman–Crippen MR) is 69.9 cm³/mol. The van der Waals surface area contributed by atoms with E-state index in [-0.39, 0.29) is 22.9 Å². The van der Waals surface area contributed by atoms with Gasteiger partial charge in [0.15, 0.2) is 0 Å². The van der Waals surface area contributed by atoms with Gasteiger partial charge in [-0.1, -0.05) is 0 Å². The summed E-state index contributed by atoms with van der Waals surface area (Å²) in [5, 5.41) is 10.5. The maximum atomic E-state index is 11.7. The Hall–Kier alpha value is -1.12. The van der Waals surface area contributed by atoms with E-state index in [1.165, 1.54) is 0 Å². The Balaban J connectivity index is 2.84. The largest absolute Gasteiger partial charge is 0.477 e. The molecule has 6 nitrogen and oxygen atoms in total. The number of ether oxygens (including phenoxy) is 1. The van der Waals surface area contributed by atoms with Gasteiger partial charge in [0, 0.05) is 6.61 Å². The van der Waals surface area contributed by atoms with Crippen molar-refractivity contribution in [2.24, 2.45) is 0 Å². The fourth-order valence-corrected chi connectivity index (χ4v) is 3.17. The van der Waals surface area contributed by atoms with Gasteiger partial charge in [-0.3, -0.25) is 4.72 Å². The monoisotopic (exact) mass is 293 g/mol. The molecule has 0 fully saturated rings. The summed E-state index contributed by atoms with van der Waals surface area (Å²) in [6.45, 7) is 3.94. The minimum Gasteiger partial charge on any atom is -0.477 e. The summed E-state index contributed by atoms with van der Waals surface area (Å²) in [5.41, 5.74) is 0.737. The normalized spacial score (nSPS) is 11.4. The van der Waals surface area contributed by atoms with Crippen molar-refractivity contribution >= 4 is 33.0 Å². The smallest absolute Gasteiger partial charge is 0.348 e. The van der Waals surface area contributed by atoms with Crippen LogP contribution in [-0.4, -0.2) is 38.5 Å². The van der Waals surface area contributed by atoms with Crippen LogP contribution in [-0.2, 0) is 14.8 Å². The summed E-state index contributed by atoms with van der Waals surface area (Å²) in [6.07, 6.45) is 0. The number of rotatable bonds is 7. The van der Waals surface area contributed by atoms with E-state index in [0.717, 1.165) is 11.3 Å². The van der Waals surface area contributed by atoms with Crippen molar-refractivity contribution < 1.29 is 23.1 Å². The number of aromatic carboxylic acids is 1. The molecule has 2 N–H and O–H groups in total. The van der Waals surface area contributed by atoms with Gasteiger partial charge in [-0.25, -0.2) is 13.2 Å². The van der Waals surface area contributed by atoms with Crippen LogP contribution in [0.15, 0.2) is 5.38 Å². The lowest BCUT2D eigenvalue weighted by molar-refractivity contribution is 0.0703. The van der Waals surface area contributed by atoms with Crippen LogP contribution in [0.3, 0.4) is 0 Å². The lowest BCUT2D eigenvalue weighted by Crippen LogP contribution is -2.21. The molecule has 0 unspecified atom stereocenters. The van der Waals surface area contributed by atoms with Crippen molar-refractivity contribution in [3.63, 3.8) is 0 Å². The van der Waals surface area contributed by atoms with Gasteiger partial charge in [0.1, 0.15) is 4.88 Å². The van der Waals surface area contributed by atoms with E-state index in [2.05, 4.69) is 4.72 Å². The highest BCUT2D eigenvalue weighted by Crippen LogP contribution is 2.28. The Labute approximate surface area is 110 Å². The fourth-order valence-electron chi connectivity index (χ4n) is 1.25. The first kappa shape index (κ1) is 14.9. The Morgan fingerprint density at radius 1 is 1.56 bits per heavy atom. The van der Waals surface area contributed by atoms with E-state index in [1.54, 1.807) is 19.2 Å². The maximum absolute atomic E-state index is 11.7. The molecule has 0 spiro atoms. The van der Waals surface area contributed by atoms with E-state index >= 15 is 0 Å². The number of carboxylic acids is 1. The van der Waals surface area contributed by atoms with Gasteiger partial charge in [0.2, 0.25) is 10.0 Å². The van der Waals surface area contributed by atoms with Gasteiger partial charge in [-0.15, -0.1) is 11.3 Å². The van der Waals surface area contributed by atoms with Crippen LogP contribution in [0.25, 0.3) is 0 Å². The molecule has 1 aromatic heterocycles. The maximum Gasteiger partial charge on any atom is 0.348 e. The van der Waals surface area contributed by atoms with Crippen molar-refractivity contribution in [2.75, 3.05) is 23.7 Å². The average molecular weight is 293 g/mol. The molecule has 0 atom stereocenters. The molecule has 0 aliphatic rings. The topological polar surface area (TPSA) is 92.7 Å². The van der Waals surface area contributed by atoms with Crippen molar-refractivity contribution in [1.82, 2.24) is 0 Å². The third-order valence-electron chi connectivity index (χ3n) is 2.13. The molecule has 0 bridgehead atoms. The Bertz CT molecular complexity index is 520. The molecule has 1 aromatic rings. The molecule has 0 saturated heterocycles. The highest BCUT2D eigenvalue weighted by atomic mass is 32.2. The summed E-state index contributed by atoms with van der Waals surface area (Å²) in [4.78, 5) is 10.9. The number of sulfonamides is 1. The molecule has 0 aliphatic heterocycles. The third kappa shape index (κ3) is 3.97. The van der Waals surface area contributed by atoms with Crippen LogP contribution in [0.5, 0.6) is 0 Å². The van der Waals surface area contributed by atoms with Crippen LogP contribution in [0, 0.1) is 6.92 Å². The summed E-state index contributed by atoms with van der Waals surface area (Å²) in [7, 11) is -3.59. The fraction of sp³-hybridized carbons (Fsp3) is 0.500. The second-order valence-corrected chi connectivity index (χ2v) is 6.27. The highest BCUT2D eigenvalue weighted by molar-refractivity contribution is 7.92. The number of carboxylic acid groups (broad SMARTS) is 1. The van der Waals surface area contributed by atoms with Crippen molar-refractivity contribution in [3.8, 4) is 0 Å².